The van der Waals surface area contributed by atoms with Crippen molar-refractivity contribution in [3.8, 4) is 5.75 Å². The van der Waals surface area contributed by atoms with E-state index >= 15 is 0 Å². The van der Waals surface area contributed by atoms with Crippen LogP contribution in [0, 0.1) is 0 Å². The second kappa shape index (κ2) is 7.48. The fourth-order valence-electron chi connectivity index (χ4n) is 3.37. The van der Waals surface area contributed by atoms with E-state index in [4.69, 9.17) is 4.74 Å². The average molecular weight is 346 g/mol. The van der Waals surface area contributed by atoms with E-state index in [1.54, 1.807) is 6.08 Å². The highest BCUT2D eigenvalue weighted by atomic mass is 16.5. The van der Waals surface area contributed by atoms with Crippen molar-refractivity contribution in [2.24, 2.45) is 0 Å². The van der Waals surface area contributed by atoms with Crippen LogP contribution in [0.25, 0.3) is 17.0 Å². The minimum absolute atomic E-state index is 0.0549. The molecule has 4 nitrogen and oxygen atoms in total. The molecule has 1 aromatic heterocycles. The van der Waals surface area contributed by atoms with Crippen LogP contribution in [0.15, 0.2) is 54.7 Å². The van der Waals surface area contributed by atoms with E-state index in [1.807, 2.05) is 24.3 Å². The Morgan fingerprint density at radius 3 is 3.12 bits per heavy atom. The second-order valence-electron chi connectivity index (χ2n) is 6.55. The molecule has 0 fully saturated rings. The van der Waals surface area contributed by atoms with E-state index in [-0.39, 0.29) is 5.91 Å². The maximum Gasteiger partial charge on any atom is 0.243 e. The molecular formula is C22H22N2O2. The predicted molar refractivity (Wildman–Crippen MR) is 104 cm³/mol. The molecular weight excluding hydrogens is 324 g/mol. The first-order chi connectivity index (χ1) is 12.8. The number of carbonyl (C=O) groups excluding carboxylic acids is 1. The van der Waals surface area contributed by atoms with Crippen LogP contribution in [-0.4, -0.2) is 24.0 Å². The standard InChI is InChI=1S/C22H22N2O2/c25-22(10-8-16-7-9-21-17(14-16)11-13-26-21)23-12-3-4-18-15-24-20-6-2-1-5-19(18)20/h1-2,5-10,14-15,24H,3-4,11-13H2,(H,23,25). The van der Waals surface area contributed by atoms with E-state index < -0.39 is 0 Å². The van der Waals surface area contributed by atoms with Gasteiger partial charge in [-0.25, -0.2) is 0 Å². The van der Waals surface area contributed by atoms with Crippen LogP contribution in [0.4, 0.5) is 0 Å². The zero-order valence-corrected chi connectivity index (χ0v) is 14.6. The molecule has 2 N–H and O–H groups in total. The van der Waals surface area contributed by atoms with Crippen molar-refractivity contribution in [3.05, 3.63) is 71.4 Å². The van der Waals surface area contributed by atoms with Gasteiger partial charge in [0, 0.05) is 36.1 Å². The van der Waals surface area contributed by atoms with Gasteiger partial charge in [0.25, 0.3) is 0 Å². The van der Waals surface area contributed by atoms with Gasteiger partial charge < -0.3 is 15.0 Å². The topological polar surface area (TPSA) is 54.1 Å². The molecule has 4 rings (SSSR count). The number of rotatable bonds is 6. The summed E-state index contributed by atoms with van der Waals surface area (Å²) in [5.74, 6) is 0.907. The number of aromatic nitrogens is 1. The van der Waals surface area contributed by atoms with Crippen molar-refractivity contribution in [3.63, 3.8) is 0 Å². The molecule has 4 heteroatoms. The molecule has 0 saturated carbocycles. The Balaban J connectivity index is 1.25. The van der Waals surface area contributed by atoms with Crippen LogP contribution in [-0.2, 0) is 17.6 Å². The molecule has 26 heavy (non-hydrogen) atoms. The van der Waals surface area contributed by atoms with Gasteiger partial charge in [-0.1, -0.05) is 24.3 Å². The number of H-pyrrole nitrogens is 1. The summed E-state index contributed by atoms with van der Waals surface area (Å²) in [5.41, 5.74) is 4.70. The molecule has 1 amide bonds. The zero-order valence-electron chi connectivity index (χ0n) is 14.6. The van der Waals surface area contributed by atoms with Crippen molar-refractivity contribution >= 4 is 22.9 Å². The van der Waals surface area contributed by atoms with Crippen molar-refractivity contribution in [1.29, 1.82) is 0 Å². The second-order valence-corrected chi connectivity index (χ2v) is 6.55. The van der Waals surface area contributed by atoms with Gasteiger partial charge in [-0.05, 0) is 53.8 Å². The van der Waals surface area contributed by atoms with Crippen molar-refractivity contribution in [1.82, 2.24) is 10.3 Å². The molecule has 132 valence electrons. The lowest BCUT2D eigenvalue weighted by Crippen LogP contribution is -2.22. The Kier molecular flexibility index (Phi) is 4.73. The van der Waals surface area contributed by atoms with Gasteiger partial charge in [0.2, 0.25) is 5.91 Å². The van der Waals surface area contributed by atoms with Gasteiger partial charge >= 0.3 is 0 Å². The molecule has 0 unspecified atom stereocenters. The minimum atomic E-state index is -0.0549. The summed E-state index contributed by atoms with van der Waals surface area (Å²) in [6.45, 7) is 1.42. The van der Waals surface area contributed by atoms with Gasteiger partial charge in [-0.15, -0.1) is 0 Å². The third-order valence-corrected chi connectivity index (χ3v) is 4.74. The fourth-order valence-corrected chi connectivity index (χ4v) is 3.37. The average Bonchev–Trinajstić information content (AvgIpc) is 3.30. The Hall–Kier alpha value is -3.01. The Morgan fingerprint density at radius 1 is 1.23 bits per heavy atom. The van der Waals surface area contributed by atoms with Crippen molar-refractivity contribution in [2.75, 3.05) is 13.2 Å². The number of para-hydroxylation sites is 1. The summed E-state index contributed by atoms with van der Waals surface area (Å²) in [4.78, 5) is 15.3. The van der Waals surface area contributed by atoms with E-state index in [0.29, 0.717) is 6.54 Å². The van der Waals surface area contributed by atoms with Crippen molar-refractivity contribution in [2.45, 2.75) is 19.3 Å². The summed E-state index contributed by atoms with van der Waals surface area (Å²) in [5, 5.41) is 4.22. The Labute approximate surface area is 152 Å². The number of ether oxygens (including phenoxy) is 1. The van der Waals surface area contributed by atoms with E-state index in [2.05, 4.69) is 40.8 Å². The van der Waals surface area contributed by atoms with E-state index in [1.165, 1.54) is 16.5 Å². The Bertz CT molecular complexity index is 956. The highest BCUT2D eigenvalue weighted by molar-refractivity contribution is 5.91. The quantitative estimate of drug-likeness (QED) is 0.526. The SMILES string of the molecule is O=C(C=Cc1ccc2c(c1)CCO2)NCCCc1c[nH]c2ccccc12. The molecule has 3 aromatic rings. The zero-order chi connectivity index (χ0) is 17.8. The van der Waals surface area contributed by atoms with Gasteiger partial charge in [0.05, 0.1) is 6.61 Å². The number of amides is 1. The first-order valence-electron chi connectivity index (χ1n) is 9.06. The molecule has 0 atom stereocenters. The number of hydrogen-bond donors (Lipinski definition) is 2. The smallest absolute Gasteiger partial charge is 0.243 e. The lowest BCUT2D eigenvalue weighted by atomic mass is 10.1. The molecule has 1 aliphatic rings. The number of benzene rings is 2. The molecule has 2 aromatic carbocycles. The van der Waals surface area contributed by atoms with Crippen LogP contribution in [0.2, 0.25) is 0 Å². The normalized spacial score (nSPS) is 13.1. The summed E-state index contributed by atoms with van der Waals surface area (Å²) >= 11 is 0. The number of aryl methyl sites for hydroxylation is 1. The third-order valence-electron chi connectivity index (χ3n) is 4.74. The summed E-state index contributed by atoms with van der Waals surface area (Å²) < 4.78 is 5.50. The molecule has 0 spiro atoms. The monoisotopic (exact) mass is 346 g/mol. The number of aromatic amines is 1. The largest absolute Gasteiger partial charge is 0.493 e. The highest BCUT2D eigenvalue weighted by Crippen LogP contribution is 2.26. The fraction of sp³-hybridized carbons (Fsp3) is 0.227. The minimum Gasteiger partial charge on any atom is -0.493 e. The van der Waals surface area contributed by atoms with Crippen LogP contribution in [0.1, 0.15) is 23.1 Å². The highest BCUT2D eigenvalue weighted by Gasteiger charge is 2.11. The van der Waals surface area contributed by atoms with Crippen LogP contribution in [0.3, 0.4) is 0 Å². The molecule has 2 heterocycles. The van der Waals surface area contributed by atoms with Gasteiger partial charge in [0.1, 0.15) is 5.75 Å². The molecule has 0 bridgehead atoms. The molecule has 0 aliphatic carbocycles. The van der Waals surface area contributed by atoms with E-state index in [9.17, 15) is 4.79 Å². The number of hydrogen-bond acceptors (Lipinski definition) is 2. The van der Waals surface area contributed by atoms with Crippen LogP contribution >= 0.6 is 0 Å². The first kappa shape index (κ1) is 16.5. The molecule has 0 radical (unpaired) electrons. The van der Waals surface area contributed by atoms with E-state index in [0.717, 1.165) is 42.7 Å². The maximum absolute atomic E-state index is 12.0. The predicted octanol–water partition coefficient (Wildman–Crippen LogP) is 3.87. The Morgan fingerprint density at radius 2 is 2.15 bits per heavy atom. The summed E-state index contributed by atoms with van der Waals surface area (Å²) in [6, 6.07) is 14.3. The summed E-state index contributed by atoms with van der Waals surface area (Å²) in [7, 11) is 0. The number of carbonyl (C=O) groups is 1. The lowest BCUT2D eigenvalue weighted by Gasteiger charge is -2.03. The maximum atomic E-state index is 12.0. The third kappa shape index (κ3) is 3.64. The van der Waals surface area contributed by atoms with Gasteiger partial charge in [-0.3, -0.25) is 4.79 Å². The number of fused-ring (bicyclic) bond motifs is 2. The lowest BCUT2D eigenvalue weighted by molar-refractivity contribution is -0.116. The first-order valence-corrected chi connectivity index (χ1v) is 9.06. The van der Waals surface area contributed by atoms with Crippen molar-refractivity contribution < 1.29 is 9.53 Å². The van der Waals surface area contributed by atoms with Crippen LogP contribution < -0.4 is 10.1 Å². The molecule has 0 saturated heterocycles. The van der Waals surface area contributed by atoms with Gasteiger partial charge in [-0.2, -0.15) is 0 Å². The number of nitrogens with one attached hydrogen (secondary N) is 2. The van der Waals surface area contributed by atoms with Gasteiger partial charge in [0.15, 0.2) is 0 Å². The summed E-state index contributed by atoms with van der Waals surface area (Å²) in [6.07, 6.45) is 8.31. The molecule has 1 aliphatic heterocycles. The van der Waals surface area contributed by atoms with Crippen LogP contribution in [0.5, 0.6) is 5.75 Å².